The van der Waals surface area contributed by atoms with E-state index in [-0.39, 0.29) is 41.2 Å². The summed E-state index contributed by atoms with van der Waals surface area (Å²) < 4.78 is 10.6. The number of nitrogens with one attached hydrogen (secondary N) is 1. The number of fused-ring (bicyclic) bond motifs is 1. The number of anilines is 1. The minimum absolute atomic E-state index is 0.0246. The molecule has 0 fully saturated rings. The van der Waals surface area contributed by atoms with E-state index in [9.17, 15) is 24.5 Å². The molecule has 15 nitrogen and oxygen atoms in total. The number of aryl methyl sites for hydroxylation is 3. The predicted octanol–water partition coefficient (Wildman–Crippen LogP) is 2.03. The molecule has 43 heavy (non-hydrogen) atoms. The van der Waals surface area contributed by atoms with Crippen LogP contribution in [0, 0.1) is 17.0 Å². The summed E-state index contributed by atoms with van der Waals surface area (Å²) in [5, 5.41) is 18.8. The van der Waals surface area contributed by atoms with Gasteiger partial charge >= 0.3 is 0 Å². The number of ether oxygens (including phenoxy) is 1. The second-order valence-corrected chi connectivity index (χ2v) is 9.49. The van der Waals surface area contributed by atoms with Crippen LogP contribution < -0.4 is 27.1 Å². The third kappa shape index (κ3) is 6.14. The molecular formula is C28H31N9O6. The summed E-state index contributed by atoms with van der Waals surface area (Å²) in [6.07, 6.45) is 3.52. The van der Waals surface area contributed by atoms with Gasteiger partial charge in [-0.1, -0.05) is 12.2 Å². The van der Waals surface area contributed by atoms with Gasteiger partial charge in [-0.15, -0.1) is 0 Å². The number of rotatable bonds is 11. The van der Waals surface area contributed by atoms with Gasteiger partial charge in [-0.3, -0.25) is 29.2 Å². The van der Waals surface area contributed by atoms with Crippen molar-refractivity contribution in [3.63, 3.8) is 0 Å². The number of benzene rings is 2. The van der Waals surface area contributed by atoms with E-state index in [1.165, 1.54) is 25.3 Å². The van der Waals surface area contributed by atoms with Crippen molar-refractivity contribution in [2.45, 2.75) is 26.9 Å². The normalized spacial score (nSPS) is 11.8. The summed E-state index contributed by atoms with van der Waals surface area (Å²) in [5.41, 5.74) is 13.4. The number of amides is 3. The van der Waals surface area contributed by atoms with Crippen LogP contribution in [0.4, 0.5) is 11.4 Å². The van der Waals surface area contributed by atoms with Crippen molar-refractivity contribution in [2.24, 2.45) is 23.5 Å². The highest BCUT2D eigenvalue weighted by Gasteiger charge is 2.20. The number of nitro benzene ring substituents is 1. The highest BCUT2D eigenvalue weighted by molar-refractivity contribution is 5.99. The molecule has 0 bridgehead atoms. The molecule has 3 amide bonds. The second-order valence-electron chi connectivity index (χ2n) is 9.49. The zero-order valence-corrected chi connectivity index (χ0v) is 24.0. The molecule has 0 unspecified atom stereocenters. The first kappa shape index (κ1) is 30.2. The number of aromatic nitrogens is 4. The molecule has 0 radical (unpaired) electrons. The fourth-order valence-electron chi connectivity index (χ4n) is 4.64. The molecule has 0 atom stereocenters. The van der Waals surface area contributed by atoms with Crippen LogP contribution in [0.25, 0.3) is 11.0 Å². The van der Waals surface area contributed by atoms with E-state index in [1.54, 1.807) is 52.1 Å². The van der Waals surface area contributed by atoms with E-state index in [0.717, 1.165) is 6.07 Å². The zero-order valence-electron chi connectivity index (χ0n) is 24.0. The Labute approximate surface area is 245 Å². The SMILES string of the molecule is CCn1nc(C)cc1C(=O)/N=c1\n(C)c2cc(C(N)=O)cc(OC)c2n1C/C=C/CNc1ccc(C(N)=O)cc1[N+](=O)[O-]. The standard InChI is InChI=1S/C28H31N9O6/c1-5-36-22(12-16(2)33-36)27(40)32-28-34(3)21-14-18(26(30)39)15-23(43-4)24(21)35(28)11-7-6-10-31-19-9-8-17(25(29)38)13-20(19)37(41)42/h6-9,12-15,31H,5,10-11H2,1-4H3,(H2,29,38)(H2,30,39)/b7-6+,32-28+. The lowest BCUT2D eigenvalue weighted by atomic mass is 10.1. The van der Waals surface area contributed by atoms with Gasteiger partial charge < -0.3 is 30.7 Å². The minimum Gasteiger partial charge on any atom is -0.494 e. The molecule has 2 aromatic heterocycles. The highest BCUT2D eigenvalue weighted by Crippen LogP contribution is 2.28. The number of nitro groups is 1. The van der Waals surface area contributed by atoms with Crippen molar-refractivity contribution >= 4 is 40.1 Å². The number of nitrogens with two attached hydrogens (primary N) is 2. The number of carbonyl (C=O) groups is 3. The van der Waals surface area contributed by atoms with Crippen molar-refractivity contribution < 1.29 is 24.0 Å². The number of allylic oxidation sites excluding steroid dienone is 1. The van der Waals surface area contributed by atoms with E-state index >= 15 is 0 Å². The van der Waals surface area contributed by atoms with Crippen molar-refractivity contribution in [2.75, 3.05) is 19.0 Å². The Kier molecular flexibility index (Phi) is 8.73. The number of carbonyl (C=O) groups excluding carboxylic acids is 3. The number of primary amides is 2. The molecule has 0 saturated carbocycles. The van der Waals surface area contributed by atoms with Crippen LogP contribution >= 0.6 is 0 Å². The maximum absolute atomic E-state index is 13.3. The molecule has 0 saturated heterocycles. The van der Waals surface area contributed by atoms with Crippen LogP contribution in [0.1, 0.15) is 43.8 Å². The van der Waals surface area contributed by atoms with E-state index in [2.05, 4.69) is 15.4 Å². The van der Waals surface area contributed by atoms with E-state index in [0.29, 0.717) is 34.7 Å². The van der Waals surface area contributed by atoms with Gasteiger partial charge in [0.05, 0.1) is 23.2 Å². The average Bonchev–Trinajstić information content (AvgIpc) is 3.49. The Bertz CT molecular complexity index is 1860. The maximum Gasteiger partial charge on any atom is 0.298 e. The topological polar surface area (TPSA) is 208 Å². The molecule has 2 heterocycles. The highest BCUT2D eigenvalue weighted by atomic mass is 16.6. The molecule has 2 aromatic carbocycles. The van der Waals surface area contributed by atoms with Gasteiger partial charge in [0.2, 0.25) is 17.4 Å². The Morgan fingerprint density at radius 3 is 2.47 bits per heavy atom. The van der Waals surface area contributed by atoms with Gasteiger partial charge in [0.25, 0.3) is 11.6 Å². The molecule has 0 aliphatic carbocycles. The molecular weight excluding hydrogens is 558 g/mol. The summed E-state index contributed by atoms with van der Waals surface area (Å²) in [5.74, 6) is -1.57. The van der Waals surface area contributed by atoms with Crippen LogP contribution in [-0.4, -0.2) is 55.2 Å². The summed E-state index contributed by atoms with van der Waals surface area (Å²) in [6, 6.07) is 8.70. The minimum atomic E-state index is -0.769. The Morgan fingerprint density at radius 2 is 1.84 bits per heavy atom. The van der Waals surface area contributed by atoms with Gasteiger partial charge in [0.15, 0.2) is 0 Å². The van der Waals surface area contributed by atoms with Gasteiger partial charge in [-0.2, -0.15) is 10.1 Å². The molecule has 0 aliphatic heterocycles. The monoisotopic (exact) mass is 589 g/mol. The van der Waals surface area contributed by atoms with Crippen molar-refractivity contribution in [1.82, 2.24) is 18.9 Å². The third-order valence-corrected chi connectivity index (χ3v) is 6.70. The van der Waals surface area contributed by atoms with Crippen molar-refractivity contribution in [3.8, 4) is 5.75 Å². The Morgan fingerprint density at radius 1 is 1.12 bits per heavy atom. The summed E-state index contributed by atoms with van der Waals surface area (Å²) in [6.45, 7) is 4.55. The third-order valence-electron chi connectivity index (χ3n) is 6.70. The smallest absolute Gasteiger partial charge is 0.298 e. The molecule has 4 rings (SSSR count). The fourth-order valence-corrected chi connectivity index (χ4v) is 4.64. The van der Waals surface area contributed by atoms with Crippen LogP contribution in [0.3, 0.4) is 0 Å². The molecule has 15 heteroatoms. The maximum atomic E-state index is 13.3. The van der Waals surface area contributed by atoms with Crippen LogP contribution in [0.15, 0.2) is 53.5 Å². The van der Waals surface area contributed by atoms with Gasteiger partial charge in [-0.05, 0) is 44.2 Å². The number of imidazole rings is 1. The molecule has 0 spiro atoms. The molecule has 5 N–H and O–H groups in total. The van der Waals surface area contributed by atoms with Crippen molar-refractivity contribution in [3.05, 3.63) is 86.8 Å². The van der Waals surface area contributed by atoms with Crippen LogP contribution in [0.2, 0.25) is 0 Å². The number of nitrogens with zero attached hydrogens (tertiary/aromatic N) is 6. The summed E-state index contributed by atoms with van der Waals surface area (Å²) >= 11 is 0. The quantitative estimate of drug-likeness (QED) is 0.134. The number of methoxy groups -OCH3 is 1. The first-order valence-corrected chi connectivity index (χ1v) is 13.1. The summed E-state index contributed by atoms with van der Waals surface area (Å²) in [7, 11) is 3.16. The van der Waals surface area contributed by atoms with Gasteiger partial charge in [-0.25, -0.2) is 0 Å². The lowest BCUT2D eigenvalue weighted by molar-refractivity contribution is -0.384. The van der Waals surface area contributed by atoms with E-state index in [4.69, 9.17) is 16.2 Å². The number of hydrogen-bond donors (Lipinski definition) is 3. The van der Waals surface area contributed by atoms with Gasteiger partial charge in [0, 0.05) is 43.9 Å². The van der Waals surface area contributed by atoms with Crippen molar-refractivity contribution in [1.29, 1.82) is 0 Å². The predicted molar refractivity (Wildman–Crippen MR) is 158 cm³/mol. The van der Waals surface area contributed by atoms with E-state index in [1.807, 2.05) is 6.92 Å². The van der Waals surface area contributed by atoms with E-state index < -0.39 is 22.6 Å². The first-order chi connectivity index (χ1) is 20.5. The number of hydrogen-bond acceptors (Lipinski definition) is 8. The second kappa shape index (κ2) is 12.4. The lowest BCUT2D eigenvalue weighted by Gasteiger charge is -2.08. The molecule has 0 aliphatic rings. The molecule has 224 valence electrons. The first-order valence-electron chi connectivity index (χ1n) is 13.1. The Hall–Kier alpha value is -5.73. The summed E-state index contributed by atoms with van der Waals surface area (Å²) in [4.78, 5) is 52.1. The van der Waals surface area contributed by atoms with Crippen LogP contribution in [-0.2, 0) is 20.1 Å². The molecule has 4 aromatic rings. The van der Waals surface area contributed by atoms with Gasteiger partial charge in [0.1, 0.15) is 22.6 Å². The van der Waals surface area contributed by atoms with Crippen LogP contribution in [0.5, 0.6) is 5.75 Å². The average molecular weight is 590 g/mol. The fraction of sp³-hybridized carbons (Fsp3) is 0.250. The largest absolute Gasteiger partial charge is 0.494 e. The zero-order chi connectivity index (χ0) is 31.4. The lowest BCUT2D eigenvalue weighted by Crippen LogP contribution is -2.26. The Balaban J connectivity index is 1.74.